The van der Waals surface area contributed by atoms with Crippen LogP contribution in [0.2, 0.25) is 0 Å². The highest BCUT2D eigenvalue weighted by atomic mass is 32.1. The van der Waals surface area contributed by atoms with Gasteiger partial charge in [0.05, 0.1) is 0 Å². The zero-order valence-corrected chi connectivity index (χ0v) is 32.3. The van der Waals surface area contributed by atoms with Crippen LogP contribution in [0.3, 0.4) is 0 Å². The monoisotopic (exact) mass is 730 g/mol. The van der Waals surface area contributed by atoms with Crippen LogP contribution in [-0.4, -0.2) is 0 Å². The lowest BCUT2D eigenvalue weighted by Crippen LogP contribution is -2.14. The quantitative estimate of drug-likeness (QED) is 0.159. The van der Waals surface area contributed by atoms with E-state index in [2.05, 4.69) is 184 Å². The second-order valence-electron chi connectivity index (χ2n) is 16.3. The minimum atomic E-state index is -0.0738. The van der Waals surface area contributed by atoms with E-state index in [0.29, 0.717) is 0 Å². The normalized spacial score (nSPS) is 14.8. The third kappa shape index (κ3) is 4.59. The molecule has 10 aromatic rings. The number of fused-ring (bicyclic) bond motifs is 11. The first-order valence-corrected chi connectivity index (χ1v) is 20.7. The molecular weight excluding hydrogens is 693 g/mol. The van der Waals surface area contributed by atoms with Crippen molar-refractivity contribution in [1.29, 1.82) is 0 Å². The van der Waals surface area contributed by atoms with Gasteiger partial charge in [-0.3, -0.25) is 0 Å². The van der Waals surface area contributed by atoms with E-state index in [0.717, 1.165) is 12.8 Å². The molecule has 0 fully saturated rings. The fourth-order valence-electron chi connectivity index (χ4n) is 10.2. The lowest BCUT2D eigenvalue weighted by Gasteiger charge is -2.23. The molecule has 2 aliphatic rings. The maximum absolute atomic E-state index is 2.51. The highest BCUT2D eigenvalue weighted by Gasteiger charge is 2.36. The summed E-state index contributed by atoms with van der Waals surface area (Å²) in [5, 5.41) is 13.3. The number of rotatable bonds is 3. The zero-order chi connectivity index (χ0) is 37.1. The van der Waals surface area contributed by atoms with Crippen molar-refractivity contribution in [3.05, 3.63) is 192 Å². The van der Waals surface area contributed by atoms with Gasteiger partial charge in [0.15, 0.2) is 0 Å². The van der Waals surface area contributed by atoms with Crippen LogP contribution in [0.1, 0.15) is 48.9 Å². The van der Waals surface area contributed by atoms with E-state index in [1.807, 2.05) is 11.3 Å². The van der Waals surface area contributed by atoms with Gasteiger partial charge in [-0.15, -0.1) is 11.3 Å². The van der Waals surface area contributed by atoms with Crippen LogP contribution in [0, 0.1) is 0 Å². The van der Waals surface area contributed by atoms with Crippen LogP contribution in [0.25, 0.3) is 96.7 Å². The second-order valence-corrected chi connectivity index (χ2v) is 17.4. The second kappa shape index (κ2) is 11.9. The molecule has 0 atom stereocenters. The van der Waals surface area contributed by atoms with Crippen LogP contribution < -0.4 is 0 Å². The molecule has 0 N–H and O–H groups in total. The Bertz CT molecular complexity index is 3330. The van der Waals surface area contributed by atoms with Gasteiger partial charge in [0.25, 0.3) is 0 Å². The number of hydrogen-bond acceptors (Lipinski definition) is 1. The maximum atomic E-state index is 2.51. The average Bonchev–Trinajstić information content (AvgIpc) is 3.73. The Morgan fingerprint density at radius 2 is 1.11 bits per heavy atom. The van der Waals surface area contributed by atoms with Crippen LogP contribution >= 0.6 is 11.3 Å². The summed E-state index contributed by atoms with van der Waals surface area (Å²) in [4.78, 5) is 0. The van der Waals surface area contributed by atoms with E-state index < -0.39 is 0 Å². The third-order valence-electron chi connectivity index (χ3n) is 12.9. The Labute approximate surface area is 330 Å². The van der Waals surface area contributed by atoms with Gasteiger partial charge in [0, 0.05) is 25.6 Å². The topological polar surface area (TPSA) is 0 Å². The Balaban J connectivity index is 1.02. The van der Waals surface area contributed by atoms with E-state index >= 15 is 0 Å². The molecule has 1 heteroatoms. The third-order valence-corrected chi connectivity index (χ3v) is 14.0. The molecule has 2 aliphatic carbocycles. The highest BCUT2D eigenvalue weighted by Crippen LogP contribution is 2.52. The SMILES string of the molecule is CC1(C)c2ccc(C3=CCCC(c4c5ccccc5c(-c5ccc6ccccc6c5)c5ccccc45)=C3)cc2-c2cc3c(ccc4sc5ccccc5c43)cc21. The Morgan fingerprint density at radius 1 is 0.464 bits per heavy atom. The average molecular weight is 731 g/mol. The molecule has 0 aliphatic heterocycles. The molecule has 1 aromatic heterocycles. The molecule has 0 saturated heterocycles. The summed E-state index contributed by atoms with van der Waals surface area (Å²) < 4.78 is 2.72. The summed E-state index contributed by atoms with van der Waals surface area (Å²) >= 11 is 1.90. The number of thiophene rings is 1. The predicted octanol–water partition coefficient (Wildman–Crippen LogP) is 15.9. The van der Waals surface area contributed by atoms with Crippen LogP contribution in [0.15, 0.2) is 170 Å². The van der Waals surface area contributed by atoms with Crippen molar-refractivity contribution >= 4 is 85.7 Å². The highest BCUT2D eigenvalue weighted by molar-refractivity contribution is 7.26. The molecule has 0 saturated carbocycles. The van der Waals surface area contributed by atoms with Gasteiger partial charge in [-0.05, 0) is 148 Å². The van der Waals surface area contributed by atoms with Crippen LogP contribution in [-0.2, 0) is 5.41 Å². The Kier molecular flexibility index (Phi) is 6.78. The van der Waals surface area contributed by atoms with Crippen LogP contribution in [0.5, 0.6) is 0 Å². The van der Waals surface area contributed by atoms with Gasteiger partial charge in [0.1, 0.15) is 0 Å². The van der Waals surface area contributed by atoms with Crippen molar-refractivity contribution < 1.29 is 0 Å². The predicted molar refractivity (Wildman–Crippen MR) is 244 cm³/mol. The molecule has 9 aromatic carbocycles. The van der Waals surface area contributed by atoms with Crippen molar-refractivity contribution in [2.24, 2.45) is 0 Å². The van der Waals surface area contributed by atoms with Crippen molar-refractivity contribution in [2.75, 3.05) is 0 Å². The van der Waals surface area contributed by atoms with Crippen molar-refractivity contribution in [2.45, 2.75) is 32.1 Å². The van der Waals surface area contributed by atoms with E-state index in [9.17, 15) is 0 Å². The first-order chi connectivity index (χ1) is 27.5. The van der Waals surface area contributed by atoms with Gasteiger partial charge in [-0.2, -0.15) is 0 Å². The molecule has 1 heterocycles. The molecule has 0 radical (unpaired) electrons. The molecule has 0 unspecified atom stereocenters. The minimum Gasteiger partial charge on any atom is -0.135 e. The van der Waals surface area contributed by atoms with Gasteiger partial charge in [0.2, 0.25) is 0 Å². The first kappa shape index (κ1) is 32.0. The lowest BCUT2D eigenvalue weighted by molar-refractivity contribution is 0.661. The Hall–Kier alpha value is -6.28. The molecule has 0 amide bonds. The summed E-state index contributed by atoms with van der Waals surface area (Å²) in [6.45, 7) is 4.80. The molecular formula is C55H38S. The maximum Gasteiger partial charge on any atom is 0.0361 e. The van der Waals surface area contributed by atoms with E-state index in [-0.39, 0.29) is 5.41 Å². The molecule has 264 valence electrons. The molecule has 0 nitrogen and oxygen atoms in total. The fourth-order valence-corrected chi connectivity index (χ4v) is 11.3. The van der Waals surface area contributed by atoms with Crippen molar-refractivity contribution in [3.63, 3.8) is 0 Å². The summed E-state index contributed by atoms with van der Waals surface area (Å²) in [5.41, 5.74) is 13.5. The van der Waals surface area contributed by atoms with Gasteiger partial charge < -0.3 is 0 Å². The molecule has 56 heavy (non-hydrogen) atoms. The standard InChI is InChI=1S/C55H38S/c1-55(2)48-26-24-36(30-46(48)47-32-45-37(31-49(47)55)25-27-51-54(45)44-20-9-10-21-50(44)56-51)35-14-11-15-38(29-35)52-40-16-5-7-18-42(40)53(43-19-8-6-17-41(43)52)39-23-22-33-12-3-4-13-34(33)28-39/h3-10,12-14,16-32H,11,15H2,1-2H3. The summed E-state index contributed by atoms with van der Waals surface area (Å²) in [7, 11) is 0. The summed E-state index contributed by atoms with van der Waals surface area (Å²) in [5.74, 6) is 0. The molecule has 0 spiro atoms. The summed E-state index contributed by atoms with van der Waals surface area (Å²) in [6, 6.07) is 59.6. The largest absolute Gasteiger partial charge is 0.135 e. The fraction of sp³-hybridized carbons (Fsp3) is 0.0909. The molecule has 12 rings (SSSR count). The number of benzene rings is 9. The van der Waals surface area contributed by atoms with Crippen molar-refractivity contribution in [3.8, 4) is 22.3 Å². The lowest BCUT2D eigenvalue weighted by atomic mass is 9.81. The van der Waals surface area contributed by atoms with Gasteiger partial charge >= 0.3 is 0 Å². The van der Waals surface area contributed by atoms with Crippen LogP contribution in [0.4, 0.5) is 0 Å². The van der Waals surface area contributed by atoms with E-state index in [1.165, 1.54) is 119 Å². The number of hydrogen-bond donors (Lipinski definition) is 0. The first-order valence-electron chi connectivity index (χ1n) is 19.9. The smallest absolute Gasteiger partial charge is 0.0361 e. The van der Waals surface area contributed by atoms with Crippen molar-refractivity contribution in [1.82, 2.24) is 0 Å². The molecule has 0 bridgehead atoms. The van der Waals surface area contributed by atoms with E-state index in [1.54, 1.807) is 0 Å². The van der Waals surface area contributed by atoms with Gasteiger partial charge in [-0.1, -0.05) is 147 Å². The van der Waals surface area contributed by atoms with Gasteiger partial charge in [-0.25, -0.2) is 0 Å². The zero-order valence-electron chi connectivity index (χ0n) is 31.5. The minimum absolute atomic E-state index is 0.0738. The van der Waals surface area contributed by atoms with E-state index in [4.69, 9.17) is 0 Å². The number of allylic oxidation sites excluding steroid dienone is 4. The Morgan fingerprint density at radius 3 is 1.89 bits per heavy atom. The summed E-state index contributed by atoms with van der Waals surface area (Å²) in [6.07, 6.45) is 6.99.